The second-order valence-corrected chi connectivity index (χ2v) is 5.68. The predicted molar refractivity (Wildman–Crippen MR) is 73.7 cm³/mol. The van der Waals surface area contributed by atoms with Gasteiger partial charge in [0.25, 0.3) is 0 Å². The highest BCUT2D eigenvalue weighted by Crippen LogP contribution is 2.22. The van der Waals surface area contributed by atoms with E-state index in [2.05, 4.69) is 13.0 Å². The Balaban J connectivity index is 1.83. The molecule has 0 atom stereocenters. The summed E-state index contributed by atoms with van der Waals surface area (Å²) in [5, 5.41) is 9.41. The molecule has 1 amide bonds. The van der Waals surface area contributed by atoms with Crippen molar-refractivity contribution >= 4 is 17.7 Å². The zero-order valence-corrected chi connectivity index (χ0v) is 11.4. The highest BCUT2D eigenvalue weighted by molar-refractivity contribution is 8.00. The van der Waals surface area contributed by atoms with Crippen molar-refractivity contribution in [1.29, 1.82) is 0 Å². The number of aliphatic hydroxyl groups is 1. The highest BCUT2D eigenvalue weighted by Gasteiger charge is 2.21. The van der Waals surface area contributed by atoms with Crippen molar-refractivity contribution in [3.05, 3.63) is 29.8 Å². The Hall–Kier alpha value is -1.00. The summed E-state index contributed by atoms with van der Waals surface area (Å²) < 4.78 is 0. The van der Waals surface area contributed by atoms with E-state index in [1.807, 2.05) is 23.1 Å². The van der Waals surface area contributed by atoms with E-state index in [0.717, 1.165) is 0 Å². The Morgan fingerprint density at radius 3 is 2.72 bits per heavy atom. The summed E-state index contributed by atoms with van der Waals surface area (Å²) in [5.74, 6) is 0.663. The van der Waals surface area contributed by atoms with E-state index in [1.165, 1.54) is 10.5 Å². The normalized spacial score (nSPS) is 16.9. The summed E-state index contributed by atoms with van der Waals surface area (Å²) in [5.41, 5.74) is 1.21. The molecule has 98 valence electrons. The molecule has 1 heterocycles. The molecular weight excluding hydrogens is 246 g/mol. The van der Waals surface area contributed by atoms with Gasteiger partial charge in [-0.15, -0.1) is 11.8 Å². The Bertz CT molecular complexity index is 414. The Kier molecular flexibility index (Phi) is 4.66. The maximum absolute atomic E-state index is 12.0. The van der Waals surface area contributed by atoms with Crippen LogP contribution in [0, 0.1) is 6.92 Å². The van der Waals surface area contributed by atoms with Crippen molar-refractivity contribution in [1.82, 2.24) is 4.90 Å². The molecule has 3 nitrogen and oxygen atoms in total. The molecule has 1 aromatic rings. The number of nitrogens with zero attached hydrogens (tertiary/aromatic N) is 1. The number of benzene rings is 1. The zero-order chi connectivity index (χ0) is 13.0. The van der Waals surface area contributed by atoms with Crippen molar-refractivity contribution in [2.45, 2.75) is 30.8 Å². The molecule has 0 aromatic heterocycles. The van der Waals surface area contributed by atoms with Crippen molar-refractivity contribution in [3.8, 4) is 0 Å². The standard InChI is InChI=1S/C14H19NO2S/c1-11-4-2-3-5-13(11)18-10-14(17)15-8-6-12(16)7-9-15/h2-5,12,16H,6-10H2,1H3. The lowest BCUT2D eigenvalue weighted by Gasteiger charge is -2.29. The number of piperidine rings is 1. The van der Waals surface area contributed by atoms with Crippen LogP contribution in [0.15, 0.2) is 29.2 Å². The lowest BCUT2D eigenvalue weighted by atomic mass is 10.1. The van der Waals surface area contributed by atoms with Gasteiger partial charge in [0, 0.05) is 18.0 Å². The molecule has 0 radical (unpaired) electrons. The molecule has 0 saturated carbocycles. The van der Waals surface area contributed by atoms with Gasteiger partial charge in [-0.3, -0.25) is 4.79 Å². The zero-order valence-electron chi connectivity index (χ0n) is 10.6. The summed E-state index contributed by atoms with van der Waals surface area (Å²) in [4.78, 5) is 15.0. The lowest BCUT2D eigenvalue weighted by Crippen LogP contribution is -2.40. The number of rotatable bonds is 3. The van der Waals surface area contributed by atoms with Gasteiger partial charge in [-0.25, -0.2) is 0 Å². The summed E-state index contributed by atoms with van der Waals surface area (Å²) in [6, 6.07) is 8.11. The van der Waals surface area contributed by atoms with Crippen LogP contribution in [0.5, 0.6) is 0 Å². The minimum absolute atomic E-state index is 0.176. The van der Waals surface area contributed by atoms with Gasteiger partial charge in [0.2, 0.25) is 5.91 Å². The quantitative estimate of drug-likeness (QED) is 0.851. The van der Waals surface area contributed by atoms with E-state index in [0.29, 0.717) is 31.7 Å². The number of hydrogen-bond acceptors (Lipinski definition) is 3. The van der Waals surface area contributed by atoms with E-state index in [4.69, 9.17) is 0 Å². The fourth-order valence-electron chi connectivity index (χ4n) is 2.06. The van der Waals surface area contributed by atoms with Crippen molar-refractivity contribution in [2.24, 2.45) is 0 Å². The Morgan fingerprint density at radius 1 is 1.39 bits per heavy atom. The molecule has 0 unspecified atom stereocenters. The van der Waals surface area contributed by atoms with Gasteiger partial charge in [0.1, 0.15) is 0 Å². The molecule has 1 fully saturated rings. The molecule has 1 N–H and O–H groups in total. The number of aliphatic hydroxyl groups excluding tert-OH is 1. The van der Waals surface area contributed by atoms with Gasteiger partial charge >= 0.3 is 0 Å². The third-order valence-corrected chi connectivity index (χ3v) is 4.42. The molecular formula is C14H19NO2S. The van der Waals surface area contributed by atoms with Crippen LogP contribution < -0.4 is 0 Å². The fourth-order valence-corrected chi connectivity index (χ4v) is 3.00. The molecule has 0 aliphatic carbocycles. The molecule has 4 heteroatoms. The average Bonchev–Trinajstić information content (AvgIpc) is 2.38. The molecule has 18 heavy (non-hydrogen) atoms. The second-order valence-electron chi connectivity index (χ2n) is 4.67. The Morgan fingerprint density at radius 2 is 2.06 bits per heavy atom. The van der Waals surface area contributed by atoms with Gasteiger partial charge in [-0.05, 0) is 31.4 Å². The van der Waals surface area contributed by atoms with Crippen molar-refractivity contribution in [2.75, 3.05) is 18.8 Å². The minimum atomic E-state index is -0.224. The third-order valence-electron chi connectivity index (χ3n) is 3.26. The molecule has 1 saturated heterocycles. The topological polar surface area (TPSA) is 40.5 Å². The van der Waals surface area contributed by atoms with E-state index >= 15 is 0 Å². The van der Waals surface area contributed by atoms with Crippen LogP contribution in [-0.4, -0.2) is 40.9 Å². The summed E-state index contributed by atoms with van der Waals surface area (Å²) in [7, 11) is 0. The molecule has 1 aromatic carbocycles. The smallest absolute Gasteiger partial charge is 0.232 e. The van der Waals surface area contributed by atoms with Crippen LogP contribution in [0.2, 0.25) is 0 Å². The van der Waals surface area contributed by atoms with Crippen LogP contribution in [0.3, 0.4) is 0 Å². The first-order valence-corrected chi connectivity index (χ1v) is 7.29. The molecule has 0 bridgehead atoms. The second kappa shape index (κ2) is 6.25. The molecule has 1 aliphatic heterocycles. The summed E-state index contributed by atoms with van der Waals surface area (Å²) in [6.45, 7) is 3.44. The number of hydrogen-bond donors (Lipinski definition) is 1. The van der Waals surface area contributed by atoms with E-state index in [-0.39, 0.29) is 12.0 Å². The first-order valence-electron chi connectivity index (χ1n) is 6.31. The number of carbonyl (C=O) groups excluding carboxylic acids is 1. The monoisotopic (exact) mass is 265 g/mol. The first-order chi connectivity index (χ1) is 8.66. The minimum Gasteiger partial charge on any atom is -0.393 e. The number of amides is 1. The maximum atomic E-state index is 12.0. The first kappa shape index (κ1) is 13.4. The van der Waals surface area contributed by atoms with Crippen LogP contribution in [0.4, 0.5) is 0 Å². The lowest BCUT2D eigenvalue weighted by molar-refractivity contribution is -0.130. The van der Waals surface area contributed by atoms with Gasteiger partial charge < -0.3 is 10.0 Å². The van der Waals surface area contributed by atoms with Gasteiger partial charge in [0.15, 0.2) is 0 Å². The average molecular weight is 265 g/mol. The Labute approximate surface area is 112 Å². The number of carbonyl (C=O) groups is 1. The van der Waals surface area contributed by atoms with Crippen LogP contribution in [0.25, 0.3) is 0 Å². The van der Waals surface area contributed by atoms with E-state index in [9.17, 15) is 9.90 Å². The SMILES string of the molecule is Cc1ccccc1SCC(=O)N1CCC(O)CC1. The van der Waals surface area contributed by atoms with E-state index in [1.54, 1.807) is 11.8 Å². The number of likely N-dealkylation sites (tertiary alicyclic amines) is 1. The largest absolute Gasteiger partial charge is 0.393 e. The van der Waals surface area contributed by atoms with Gasteiger partial charge in [-0.2, -0.15) is 0 Å². The number of aryl methyl sites for hydroxylation is 1. The van der Waals surface area contributed by atoms with Crippen LogP contribution >= 0.6 is 11.8 Å². The molecule has 2 rings (SSSR count). The van der Waals surface area contributed by atoms with Crippen LogP contribution in [0.1, 0.15) is 18.4 Å². The fraction of sp³-hybridized carbons (Fsp3) is 0.500. The summed E-state index contributed by atoms with van der Waals surface area (Å²) >= 11 is 1.60. The molecule has 0 spiro atoms. The third kappa shape index (κ3) is 3.50. The predicted octanol–water partition coefficient (Wildman–Crippen LogP) is 2.07. The molecule has 1 aliphatic rings. The van der Waals surface area contributed by atoms with Crippen LogP contribution in [-0.2, 0) is 4.79 Å². The highest BCUT2D eigenvalue weighted by atomic mass is 32.2. The van der Waals surface area contributed by atoms with Gasteiger partial charge in [-0.1, -0.05) is 18.2 Å². The van der Waals surface area contributed by atoms with Gasteiger partial charge in [0.05, 0.1) is 11.9 Å². The van der Waals surface area contributed by atoms with Crippen molar-refractivity contribution < 1.29 is 9.90 Å². The maximum Gasteiger partial charge on any atom is 0.232 e. The number of thioether (sulfide) groups is 1. The van der Waals surface area contributed by atoms with E-state index < -0.39 is 0 Å². The van der Waals surface area contributed by atoms with Crippen molar-refractivity contribution in [3.63, 3.8) is 0 Å². The summed E-state index contributed by atoms with van der Waals surface area (Å²) in [6.07, 6.45) is 1.19.